The van der Waals surface area contributed by atoms with Gasteiger partial charge >= 0.3 is 0 Å². The second-order valence-corrected chi connectivity index (χ2v) is 7.34. The monoisotopic (exact) mass is 376 g/mol. The number of imidazole rings is 1. The smallest absolute Gasteiger partial charge is 0.220 e. The number of hydrogen-bond acceptors (Lipinski definition) is 4. The molecule has 0 saturated carbocycles. The Hall–Kier alpha value is -2.99. The van der Waals surface area contributed by atoms with E-state index in [1.807, 2.05) is 34.9 Å². The minimum absolute atomic E-state index is 0.0976. The summed E-state index contributed by atoms with van der Waals surface area (Å²) >= 11 is 1.72. The molecule has 0 bridgehead atoms. The highest BCUT2D eigenvalue weighted by Gasteiger charge is 2.06. The van der Waals surface area contributed by atoms with E-state index in [1.165, 1.54) is 4.88 Å². The second kappa shape index (κ2) is 8.14. The molecule has 5 nitrogen and oxygen atoms in total. The first-order valence-electron chi connectivity index (χ1n) is 8.96. The van der Waals surface area contributed by atoms with E-state index in [4.69, 9.17) is 0 Å². The number of carbonyl (C=O) groups is 1. The van der Waals surface area contributed by atoms with Gasteiger partial charge in [0.1, 0.15) is 11.8 Å². The minimum Gasteiger partial charge on any atom is -0.356 e. The van der Waals surface area contributed by atoms with Crippen LogP contribution >= 0.6 is 11.3 Å². The van der Waals surface area contributed by atoms with Crippen molar-refractivity contribution in [2.45, 2.75) is 19.3 Å². The van der Waals surface area contributed by atoms with Gasteiger partial charge in [-0.1, -0.05) is 18.2 Å². The number of thiophene rings is 1. The van der Waals surface area contributed by atoms with E-state index in [0.29, 0.717) is 13.0 Å². The molecule has 0 aliphatic rings. The topological polar surface area (TPSA) is 59.8 Å². The predicted molar refractivity (Wildman–Crippen MR) is 108 cm³/mol. The third kappa shape index (κ3) is 4.23. The van der Waals surface area contributed by atoms with Crippen molar-refractivity contribution in [1.29, 1.82) is 0 Å². The molecule has 0 unspecified atom stereocenters. The number of amides is 1. The van der Waals surface area contributed by atoms with E-state index in [9.17, 15) is 4.79 Å². The van der Waals surface area contributed by atoms with E-state index >= 15 is 0 Å². The van der Waals surface area contributed by atoms with Crippen LogP contribution in [-0.4, -0.2) is 27.0 Å². The van der Waals surface area contributed by atoms with Crippen LogP contribution in [0, 0.1) is 0 Å². The van der Waals surface area contributed by atoms with Crippen LogP contribution in [0.5, 0.6) is 0 Å². The Balaban J connectivity index is 1.31. The van der Waals surface area contributed by atoms with Gasteiger partial charge in [-0.3, -0.25) is 9.36 Å². The molecule has 0 aliphatic carbocycles. The lowest BCUT2D eigenvalue weighted by molar-refractivity contribution is -0.121. The number of nitrogens with zero attached hydrogens (tertiary/aromatic N) is 3. The molecule has 0 atom stereocenters. The quantitative estimate of drug-likeness (QED) is 0.534. The van der Waals surface area contributed by atoms with E-state index < -0.39 is 0 Å². The Morgan fingerprint density at radius 1 is 1.04 bits per heavy atom. The summed E-state index contributed by atoms with van der Waals surface area (Å²) in [6.45, 7) is 0.693. The number of benzene rings is 1. The van der Waals surface area contributed by atoms with Crippen molar-refractivity contribution in [1.82, 2.24) is 19.9 Å². The van der Waals surface area contributed by atoms with Crippen LogP contribution in [0.25, 0.3) is 16.9 Å². The largest absolute Gasteiger partial charge is 0.356 e. The predicted octanol–water partition coefficient (Wildman–Crippen LogP) is 3.77. The Labute approximate surface area is 161 Å². The molecule has 0 spiro atoms. The zero-order chi connectivity index (χ0) is 18.5. The van der Waals surface area contributed by atoms with E-state index in [1.54, 1.807) is 23.9 Å². The molecular formula is C21H20N4OS. The lowest BCUT2D eigenvalue weighted by Crippen LogP contribution is -2.25. The fraction of sp³-hybridized carbons (Fsp3) is 0.190. The Morgan fingerprint density at radius 2 is 1.93 bits per heavy atom. The van der Waals surface area contributed by atoms with Crippen LogP contribution < -0.4 is 5.32 Å². The van der Waals surface area contributed by atoms with E-state index in [0.717, 1.165) is 35.3 Å². The van der Waals surface area contributed by atoms with Gasteiger partial charge in [0, 0.05) is 29.7 Å². The lowest BCUT2D eigenvalue weighted by Gasteiger charge is -2.07. The van der Waals surface area contributed by atoms with Crippen molar-refractivity contribution in [3.8, 4) is 5.69 Å². The van der Waals surface area contributed by atoms with Gasteiger partial charge < -0.3 is 5.32 Å². The van der Waals surface area contributed by atoms with Crippen LogP contribution in [0.2, 0.25) is 0 Å². The normalized spacial score (nSPS) is 11.0. The molecule has 27 heavy (non-hydrogen) atoms. The average molecular weight is 376 g/mol. The fourth-order valence-corrected chi connectivity index (χ4v) is 3.70. The van der Waals surface area contributed by atoms with Crippen LogP contribution in [0.4, 0.5) is 0 Å². The number of carbonyl (C=O) groups excluding carboxylic acids is 1. The average Bonchev–Trinajstić information content (AvgIpc) is 3.37. The van der Waals surface area contributed by atoms with Gasteiger partial charge in [0.05, 0.1) is 0 Å². The number of fused-ring (bicyclic) bond motifs is 1. The van der Waals surface area contributed by atoms with Crippen LogP contribution in [0.1, 0.15) is 16.9 Å². The molecule has 3 aromatic heterocycles. The van der Waals surface area contributed by atoms with Crippen molar-refractivity contribution < 1.29 is 4.79 Å². The summed E-state index contributed by atoms with van der Waals surface area (Å²) in [5.74, 6) is 0.0976. The third-order valence-electron chi connectivity index (χ3n) is 4.44. The van der Waals surface area contributed by atoms with Crippen molar-refractivity contribution in [3.63, 3.8) is 0 Å². The molecule has 0 saturated heterocycles. The maximum absolute atomic E-state index is 12.0. The lowest BCUT2D eigenvalue weighted by atomic mass is 10.1. The van der Waals surface area contributed by atoms with Gasteiger partial charge in [-0.05, 0) is 54.1 Å². The number of hydrogen-bond donors (Lipinski definition) is 1. The van der Waals surface area contributed by atoms with Gasteiger partial charge in [-0.25, -0.2) is 9.97 Å². The highest BCUT2D eigenvalue weighted by atomic mass is 32.1. The second-order valence-electron chi connectivity index (χ2n) is 6.31. The third-order valence-corrected chi connectivity index (χ3v) is 5.37. The number of nitrogens with one attached hydrogen (secondary N) is 1. The SMILES string of the molecule is O=C(CCc1ccc(-n2cnc3cccnc32)cc1)NCCc1cccs1. The van der Waals surface area contributed by atoms with Gasteiger partial charge in [0.15, 0.2) is 5.65 Å². The van der Waals surface area contributed by atoms with E-state index in [2.05, 4.69) is 38.9 Å². The number of aryl methyl sites for hydroxylation is 1. The summed E-state index contributed by atoms with van der Waals surface area (Å²) in [4.78, 5) is 22.1. The van der Waals surface area contributed by atoms with Crippen molar-refractivity contribution >= 4 is 28.4 Å². The van der Waals surface area contributed by atoms with Crippen molar-refractivity contribution in [2.24, 2.45) is 0 Å². The molecule has 136 valence electrons. The number of pyridine rings is 1. The number of rotatable bonds is 7. The highest BCUT2D eigenvalue weighted by Crippen LogP contribution is 2.17. The van der Waals surface area contributed by atoms with E-state index in [-0.39, 0.29) is 5.91 Å². The molecule has 0 fully saturated rings. The fourth-order valence-electron chi connectivity index (χ4n) is 2.99. The zero-order valence-electron chi connectivity index (χ0n) is 14.8. The molecule has 4 rings (SSSR count). The molecule has 6 heteroatoms. The standard InChI is InChI=1S/C21H20N4OS/c26-20(22-13-11-18-3-2-14-27-18)10-7-16-5-8-17(9-6-16)25-15-24-19-4-1-12-23-21(19)25/h1-6,8-9,12,14-15H,7,10-11,13H2,(H,22,26). The molecule has 1 N–H and O–H groups in total. The Kier molecular flexibility index (Phi) is 5.25. The van der Waals surface area contributed by atoms with Gasteiger partial charge in [0.25, 0.3) is 0 Å². The molecule has 0 aliphatic heterocycles. The maximum atomic E-state index is 12.0. The summed E-state index contributed by atoms with van der Waals surface area (Å²) in [6, 6.07) is 16.2. The van der Waals surface area contributed by atoms with Crippen LogP contribution in [-0.2, 0) is 17.6 Å². The Bertz CT molecular complexity index is 1020. The molecule has 4 aromatic rings. The maximum Gasteiger partial charge on any atom is 0.220 e. The summed E-state index contributed by atoms with van der Waals surface area (Å²) in [5, 5.41) is 5.05. The van der Waals surface area contributed by atoms with Crippen molar-refractivity contribution in [3.05, 3.63) is 76.9 Å². The molecule has 3 heterocycles. The van der Waals surface area contributed by atoms with Crippen LogP contribution in [0.3, 0.4) is 0 Å². The van der Waals surface area contributed by atoms with Crippen LogP contribution in [0.15, 0.2) is 66.4 Å². The summed E-state index contributed by atoms with van der Waals surface area (Å²) in [5.41, 5.74) is 3.88. The number of aromatic nitrogens is 3. The molecular weight excluding hydrogens is 356 g/mol. The first-order valence-corrected chi connectivity index (χ1v) is 9.84. The van der Waals surface area contributed by atoms with Gasteiger partial charge in [-0.2, -0.15) is 0 Å². The first kappa shape index (κ1) is 17.4. The first-order chi connectivity index (χ1) is 13.3. The summed E-state index contributed by atoms with van der Waals surface area (Å²) in [6.07, 6.45) is 5.68. The highest BCUT2D eigenvalue weighted by molar-refractivity contribution is 7.09. The van der Waals surface area contributed by atoms with Gasteiger partial charge in [0.2, 0.25) is 5.91 Å². The van der Waals surface area contributed by atoms with Gasteiger partial charge in [-0.15, -0.1) is 11.3 Å². The molecule has 0 radical (unpaired) electrons. The Morgan fingerprint density at radius 3 is 2.74 bits per heavy atom. The molecule has 1 aromatic carbocycles. The summed E-state index contributed by atoms with van der Waals surface area (Å²) < 4.78 is 1.97. The molecule has 1 amide bonds. The van der Waals surface area contributed by atoms with Crippen molar-refractivity contribution in [2.75, 3.05) is 6.54 Å². The minimum atomic E-state index is 0.0976. The zero-order valence-corrected chi connectivity index (χ0v) is 15.7. The summed E-state index contributed by atoms with van der Waals surface area (Å²) in [7, 11) is 0.